The lowest BCUT2D eigenvalue weighted by Crippen LogP contribution is -2.28. The highest BCUT2D eigenvalue weighted by atomic mass is 16.2. The molecule has 1 fully saturated rings. The lowest BCUT2D eigenvalue weighted by Gasteiger charge is -2.05. The van der Waals surface area contributed by atoms with Crippen LogP contribution >= 0.6 is 0 Å². The van der Waals surface area contributed by atoms with Crippen molar-refractivity contribution in [3.8, 4) is 0 Å². The maximum atomic E-state index is 10.5. The van der Waals surface area contributed by atoms with E-state index >= 15 is 0 Å². The van der Waals surface area contributed by atoms with E-state index in [2.05, 4.69) is 10.4 Å². The van der Waals surface area contributed by atoms with Gasteiger partial charge in [-0.1, -0.05) is 0 Å². The van der Waals surface area contributed by atoms with E-state index in [9.17, 15) is 4.79 Å². The van der Waals surface area contributed by atoms with Gasteiger partial charge in [0.25, 0.3) is 0 Å². The number of carbonyl (C=O) groups excluding carboxylic acids is 1. The molecule has 0 aromatic rings. The molecular formula is C4H8N4O. The number of hydrogen-bond donors (Lipinski definition) is 2. The van der Waals surface area contributed by atoms with E-state index in [0.29, 0.717) is 12.5 Å². The average molecular weight is 128 g/mol. The third-order valence-corrected chi connectivity index (χ3v) is 1.12. The Bertz CT molecular complexity index is 164. The molecule has 0 spiro atoms. The molecule has 0 atom stereocenters. The van der Waals surface area contributed by atoms with Gasteiger partial charge in [0.15, 0.2) is 0 Å². The first-order valence-corrected chi connectivity index (χ1v) is 2.53. The molecular weight excluding hydrogens is 120 g/mol. The van der Waals surface area contributed by atoms with Gasteiger partial charge in [-0.05, 0) is 0 Å². The average Bonchev–Trinajstić information content (AvgIpc) is 2.10. The topological polar surface area (TPSA) is 70.7 Å². The van der Waals surface area contributed by atoms with Crippen molar-refractivity contribution >= 4 is 11.9 Å². The van der Waals surface area contributed by atoms with Gasteiger partial charge in [-0.3, -0.25) is 10.1 Å². The summed E-state index contributed by atoms with van der Waals surface area (Å²) in [5, 5.41) is 5.79. The zero-order valence-electron chi connectivity index (χ0n) is 5.09. The van der Waals surface area contributed by atoms with E-state index in [4.69, 9.17) is 5.84 Å². The molecule has 1 aliphatic rings. The number of carbonyl (C=O) groups is 1. The van der Waals surface area contributed by atoms with Gasteiger partial charge >= 0.3 is 0 Å². The Morgan fingerprint density at radius 1 is 1.89 bits per heavy atom. The van der Waals surface area contributed by atoms with E-state index < -0.39 is 0 Å². The van der Waals surface area contributed by atoms with Crippen LogP contribution in [0.2, 0.25) is 0 Å². The fourth-order valence-corrected chi connectivity index (χ4v) is 0.681. The van der Waals surface area contributed by atoms with Gasteiger partial charge in [0.1, 0.15) is 0 Å². The Balaban J connectivity index is 2.69. The molecule has 50 valence electrons. The highest BCUT2D eigenvalue weighted by molar-refractivity contribution is 6.03. The number of nitrogens with one attached hydrogen (secondary N) is 1. The van der Waals surface area contributed by atoms with Crippen LogP contribution in [0, 0.1) is 0 Å². The van der Waals surface area contributed by atoms with E-state index in [1.54, 1.807) is 11.9 Å². The van der Waals surface area contributed by atoms with Crippen LogP contribution in [0.5, 0.6) is 0 Å². The molecule has 0 unspecified atom stereocenters. The summed E-state index contributed by atoms with van der Waals surface area (Å²) >= 11 is 0. The summed E-state index contributed by atoms with van der Waals surface area (Å²) in [7, 11) is 1.74. The lowest BCUT2D eigenvalue weighted by atomic mass is 10.6. The molecule has 0 aromatic heterocycles. The molecule has 0 aromatic carbocycles. The minimum absolute atomic E-state index is 0.0679. The second-order valence-corrected chi connectivity index (χ2v) is 1.86. The summed E-state index contributed by atoms with van der Waals surface area (Å²) in [5.41, 5.74) is 0. The van der Waals surface area contributed by atoms with Crippen LogP contribution in [0.1, 0.15) is 0 Å². The highest BCUT2D eigenvalue weighted by Crippen LogP contribution is 1.90. The Kier molecular flexibility index (Phi) is 1.26. The van der Waals surface area contributed by atoms with Gasteiger partial charge in [-0.2, -0.15) is 0 Å². The monoisotopic (exact) mass is 128 g/mol. The van der Waals surface area contributed by atoms with Crippen molar-refractivity contribution in [1.29, 1.82) is 0 Å². The normalized spacial score (nSPS) is 23.0. The SMILES string of the molecule is CN1CC(=O)N/C1=N\N. The minimum atomic E-state index is -0.0679. The summed E-state index contributed by atoms with van der Waals surface area (Å²) in [6.07, 6.45) is 0. The number of nitrogens with zero attached hydrogens (tertiary/aromatic N) is 2. The molecule has 1 aliphatic heterocycles. The van der Waals surface area contributed by atoms with Gasteiger partial charge in [-0.15, -0.1) is 5.10 Å². The molecule has 3 N–H and O–H groups in total. The standard InChI is InChI=1S/C4H8N4O/c1-8-2-3(9)6-4(8)7-5/h2,5H2,1H3,(H,6,7,9). The van der Waals surface area contributed by atoms with Crippen LogP contribution in [0.4, 0.5) is 0 Å². The molecule has 0 radical (unpaired) electrons. The quantitative estimate of drug-likeness (QED) is 0.301. The van der Waals surface area contributed by atoms with Crippen molar-refractivity contribution in [2.24, 2.45) is 10.9 Å². The van der Waals surface area contributed by atoms with Gasteiger partial charge in [-0.25, -0.2) is 0 Å². The first kappa shape index (κ1) is 5.87. The molecule has 1 heterocycles. The second kappa shape index (κ2) is 1.93. The maximum absolute atomic E-state index is 10.5. The first-order chi connectivity index (χ1) is 4.24. The zero-order chi connectivity index (χ0) is 6.85. The third-order valence-electron chi connectivity index (χ3n) is 1.12. The van der Waals surface area contributed by atoms with Gasteiger partial charge in [0, 0.05) is 7.05 Å². The first-order valence-electron chi connectivity index (χ1n) is 2.53. The number of guanidine groups is 1. The summed E-state index contributed by atoms with van der Waals surface area (Å²) in [5.74, 6) is 5.28. The molecule has 5 heteroatoms. The van der Waals surface area contributed by atoms with Crippen LogP contribution in [0.3, 0.4) is 0 Å². The summed E-state index contributed by atoms with van der Waals surface area (Å²) in [6.45, 7) is 0.343. The number of hydrogen-bond acceptors (Lipinski definition) is 3. The Morgan fingerprint density at radius 3 is 2.78 bits per heavy atom. The second-order valence-electron chi connectivity index (χ2n) is 1.86. The Labute approximate surface area is 52.5 Å². The van der Waals surface area contributed by atoms with Crippen LogP contribution in [0.15, 0.2) is 5.10 Å². The van der Waals surface area contributed by atoms with Gasteiger partial charge < -0.3 is 10.7 Å². The molecule has 0 bridgehead atoms. The van der Waals surface area contributed by atoms with Crippen LogP contribution in [0.25, 0.3) is 0 Å². The number of amides is 1. The third kappa shape index (κ3) is 0.933. The summed E-state index contributed by atoms with van der Waals surface area (Å²) < 4.78 is 0. The smallest absolute Gasteiger partial charge is 0.246 e. The Morgan fingerprint density at radius 2 is 2.56 bits per heavy atom. The Hall–Kier alpha value is -1.26. The van der Waals surface area contributed by atoms with Crippen LogP contribution < -0.4 is 11.2 Å². The summed E-state index contributed by atoms with van der Waals surface area (Å²) in [6, 6.07) is 0. The van der Waals surface area contributed by atoms with Crippen molar-refractivity contribution in [3.63, 3.8) is 0 Å². The molecule has 5 nitrogen and oxygen atoms in total. The van der Waals surface area contributed by atoms with E-state index in [1.165, 1.54) is 0 Å². The van der Waals surface area contributed by atoms with Crippen molar-refractivity contribution in [2.45, 2.75) is 0 Å². The molecule has 0 saturated carbocycles. The largest absolute Gasteiger partial charge is 0.335 e. The van der Waals surface area contributed by atoms with Crippen molar-refractivity contribution in [2.75, 3.05) is 13.6 Å². The number of likely N-dealkylation sites (N-methyl/N-ethyl adjacent to an activating group) is 1. The molecule has 1 saturated heterocycles. The zero-order valence-corrected chi connectivity index (χ0v) is 5.09. The fourth-order valence-electron chi connectivity index (χ4n) is 0.681. The number of rotatable bonds is 0. The fraction of sp³-hybridized carbons (Fsp3) is 0.500. The van der Waals surface area contributed by atoms with Crippen molar-refractivity contribution in [3.05, 3.63) is 0 Å². The van der Waals surface area contributed by atoms with Crippen molar-refractivity contribution < 1.29 is 4.79 Å². The lowest BCUT2D eigenvalue weighted by molar-refractivity contribution is -0.118. The predicted octanol–water partition coefficient (Wildman–Crippen LogP) is -1.72. The van der Waals surface area contributed by atoms with E-state index in [1.807, 2.05) is 0 Å². The van der Waals surface area contributed by atoms with Gasteiger partial charge in [0.05, 0.1) is 6.54 Å². The van der Waals surface area contributed by atoms with Crippen molar-refractivity contribution in [1.82, 2.24) is 10.2 Å². The molecule has 9 heavy (non-hydrogen) atoms. The van der Waals surface area contributed by atoms with Crippen LogP contribution in [-0.2, 0) is 4.79 Å². The maximum Gasteiger partial charge on any atom is 0.246 e. The van der Waals surface area contributed by atoms with E-state index in [0.717, 1.165) is 0 Å². The number of hydrazone groups is 1. The number of nitrogens with two attached hydrogens (primary N) is 1. The summed E-state index contributed by atoms with van der Waals surface area (Å²) in [4.78, 5) is 12.2. The predicted molar refractivity (Wildman–Crippen MR) is 32.4 cm³/mol. The molecule has 0 aliphatic carbocycles. The minimum Gasteiger partial charge on any atom is -0.335 e. The van der Waals surface area contributed by atoms with Crippen LogP contribution in [-0.4, -0.2) is 30.4 Å². The van der Waals surface area contributed by atoms with E-state index in [-0.39, 0.29) is 5.91 Å². The highest BCUT2D eigenvalue weighted by Gasteiger charge is 2.20. The molecule has 1 rings (SSSR count). The molecule has 1 amide bonds. The van der Waals surface area contributed by atoms with Gasteiger partial charge in [0.2, 0.25) is 11.9 Å².